The van der Waals surface area contributed by atoms with Crippen molar-refractivity contribution in [3.8, 4) is 0 Å². The minimum atomic E-state index is -4.22. The number of rotatable bonds is 3. The lowest BCUT2D eigenvalue weighted by Gasteiger charge is -2.19. The van der Waals surface area contributed by atoms with E-state index in [0.717, 1.165) is 18.2 Å². The van der Waals surface area contributed by atoms with Gasteiger partial charge in [-0.05, 0) is 26.8 Å². The normalized spacial score (nSPS) is 11.8. The molecule has 0 saturated heterocycles. The van der Waals surface area contributed by atoms with E-state index in [-0.39, 0.29) is 0 Å². The molecule has 0 aliphatic heterocycles. The van der Waals surface area contributed by atoms with Crippen LogP contribution in [0.3, 0.4) is 0 Å². The fourth-order valence-electron chi connectivity index (χ4n) is 1.23. The predicted octanol–water partition coefficient (Wildman–Crippen LogP) is 1.81. The molecule has 110 valence electrons. The predicted molar refractivity (Wildman–Crippen MR) is 69.7 cm³/mol. The number of benzene rings is 1. The Hall–Kier alpha value is -2.16. The molecule has 0 fully saturated rings. The number of hydrogen-bond donors (Lipinski definition) is 1. The van der Waals surface area contributed by atoms with Crippen molar-refractivity contribution in [3.05, 3.63) is 34.4 Å². The number of nitro groups is 1. The van der Waals surface area contributed by atoms with E-state index in [1.165, 1.54) is 6.07 Å². The van der Waals surface area contributed by atoms with Gasteiger partial charge in [0, 0.05) is 12.1 Å². The zero-order valence-corrected chi connectivity index (χ0v) is 11.9. The summed E-state index contributed by atoms with van der Waals surface area (Å²) in [5.74, 6) is 0. The summed E-state index contributed by atoms with van der Waals surface area (Å²) in [4.78, 5) is 20.9. The zero-order chi connectivity index (χ0) is 15.6. The first-order valence-electron chi connectivity index (χ1n) is 5.51. The molecule has 8 nitrogen and oxygen atoms in total. The molecule has 0 heterocycles. The second-order valence-electron chi connectivity index (χ2n) is 4.86. The molecule has 1 aromatic carbocycles. The fraction of sp³-hybridized carbons (Fsp3) is 0.364. The second-order valence-corrected chi connectivity index (χ2v) is 6.54. The standard InChI is InChI=1S/C11H14N2O6S/c1-11(2,3)19-10(14)12-20(17,18)9-6-4-5-8(7-9)13(15)16/h4-7H,1-3H3,(H,12,14). The maximum atomic E-state index is 11.9. The quantitative estimate of drug-likeness (QED) is 0.672. The molecule has 0 atom stereocenters. The van der Waals surface area contributed by atoms with Crippen LogP contribution >= 0.6 is 0 Å². The number of hydrogen-bond acceptors (Lipinski definition) is 6. The Balaban J connectivity index is 2.97. The topological polar surface area (TPSA) is 116 Å². The molecule has 0 spiro atoms. The van der Waals surface area contributed by atoms with E-state index in [2.05, 4.69) is 0 Å². The average Bonchev–Trinajstić information content (AvgIpc) is 2.25. The summed E-state index contributed by atoms with van der Waals surface area (Å²) in [6.45, 7) is 4.73. The van der Waals surface area contributed by atoms with E-state index < -0.39 is 37.2 Å². The van der Waals surface area contributed by atoms with Gasteiger partial charge in [0.1, 0.15) is 5.60 Å². The van der Waals surface area contributed by atoms with Crippen molar-refractivity contribution in [3.63, 3.8) is 0 Å². The second kappa shape index (κ2) is 5.45. The molecule has 0 bridgehead atoms. The van der Waals surface area contributed by atoms with Crippen molar-refractivity contribution < 1.29 is 22.9 Å². The van der Waals surface area contributed by atoms with Gasteiger partial charge < -0.3 is 4.74 Å². The SMILES string of the molecule is CC(C)(C)OC(=O)NS(=O)(=O)c1cccc([N+](=O)[O-])c1. The number of amides is 1. The Labute approximate surface area is 115 Å². The van der Waals surface area contributed by atoms with E-state index in [0.29, 0.717) is 0 Å². The highest BCUT2D eigenvalue weighted by Gasteiger charge is 2.24. The summed E-state index contributed by atoms with van der Waals surface area (Å²) < 4.78 is 30.2. The van der Waals surface area contributed by atoms with Crippen LogP contribution in [0.1, 0.15) is 20.8 Å². The lowest BCUT2D eigenvalue weighted by Crippen LogP contribution is -2.36. The molecule has 0 aliphatic rings. The molecule has 0 unspecified atom stereocenters. The van der Waals surface area contributed by atoms with Crippen molar-refractivity contribution in [2.24, 2.45) is 0 Å². The molecule has 20 heavy (non-hydrogen) atoms. The Morgan fingerprint density at radius 2 is 1.95 bits per heavy atom. The summed E-state index contributed by atoms with van der Waals surface area (Å²) in [7, 11) is -4.22. The van der Waals surface area contributed by atoms with Gasteiger partial charge in [-0.15, -0.1) is 0 Å². The first-order chi connectivity index (χ1) is 9.01. The van der Waals surface area contributed by atoms with Crippen LogP contribution in [0.15, 0.2) is 29.2 Å². The van der Waals surface area contributed by atoms with Gasteiger partial charge >= 0.3 is 6.09 Å². The van der Waals surface area contributed by atoms with E-state index in [4.69, 9.17) is 4.74 Å². The molecule has 9 heteroatoms. The number of sulfonamides is 1. The van der Waals surface area contributed by atoms with Gasteiger partial charge in [-0.2, -0.15) is 0 Å². The third kappa shape index (κ3) is 4.50. The van der Waals surface area contributed by atoms with Crippen LogP contribution in [-0.4, -0.2) is 25.0 Å². The molecular formula is C11H14N2O6S. The van der Waals surface area contributed by atoms with Gasteiger partial charge in [0.15, 0.2) is 0 Å². The molecule has 1 N–H and O–H groups in total. The lowest BCUT2D eigenvalue weighted by molar-refractivity contribution is -0.385. The Kier molecular flexibility index (Phi) is 4.33. The number of nitrogens with zero attached hydrogens (tertiary/aromatic N) is 1. The Morgan fingerprint density at radius 3 is 2.45 bits per heavy atom. The molecule has 0 aliphatic carbocycles. The van der Waals surface area contributed by atoms with Crippen LogP contribution < -0.4 is 4.72 Å². The summed E-state index contributed by atoms with van der Waals surface area (Å²) >= 11 is 0. The van der Waals surface area contributed by atoms with E-state index in [9.17, 15) is 23.3 Å². The first kappa shape index (κ1) is 15.9. The number of ether oxygens (including phenoxy) is 1. The van der Waals surface area contributed by atoms with Crippen LogP contribution in [0.4, 0.5) is 10.5 Å². The zero-order valence-electron chi connectivity index (χ0n) is 11.1. The van der Waals surface area contributed by atoms with E-state index in [1.54, 1.807) is 25.5 Å². The minimum Gasteiger partial charge on any atom is -0.443 e. The van der Waals surface area contributed by atoms with Crippen LogP contribution in [0.2, 0.25) is 0 Å². The van der Waals surface area contributed by atoms with Crippen molar-refractivity contribution in [2.45, 2.75) is 31.3 Å². The molecule has 0 radical (unpaired) electrons. The molecule has 1 amide bonds. The Morgan fingerprint density at radius 1 is 1.35 bits per heavy atom. The van der Waals surface area contributed by atoms with Crippen LogP contribution in [-0.2, 0) is 14.8 Å². The number of non-ortho nitro benzene ring substituents is 1. The summed E-state index contributed by atoms with van der Waals surface area (Å²) in [5, 5.41) is 10.6. The highest BCUT2D eigenvalue weighted by atomic mass is 32.2. The van der Waals surface area contributed by atoms with Crippen LogP contribution in [0, 0.1) is 10.1 Å². The van der Waals surface area contributed by atoms with E-state index >= 15 is 0 Å². The molecule has 1 aromatic rings. The lowest BCUT2D eigenvalue weighted by atomic mass is 10.2. The van der Waals surface area contributed by atoms with Gasteiger partial charge in [0.2, 0.25) is 0 Å². The molecule has 0 aromatic heterocycles. The van der Waals surface area contributed by atoms with Crippen LogP contribution in [0.5, 0.6) is 0 Å². The summed E-state index contributed by atoms with van der Waals surface area (Å²) in [6.07, 6.45) is -1.15. The van der Waals surface area contributed by atoms with Crippen molar-refractivity contribution in [1.29, 1.82) is 0 Å². The van der Waals surface area contributed by atoms with Crippen molar-refractivity contribution in [1.82, 2.24) is 4.72 Å². The largest absolute Gasteiger partial charge is 0.443 e. The first-order valence-corrected chi connectivity index (χ1v) is 7.00. The highest BCUT2D eigenvalue weighted by Crippen LogP contribution is 2.17. The third-order valence-corrected chi connectivity index (χ3v) is 3.27. The van der Waals surface area contributed by atoms with Gasteiger partial charge in [0.05, 0.1) is 9.82 Å². The summed E-state index contributed by atoms with van der Waals surface area (Å²) in [5.41, 5.74) is -1.25. The van der Waals surface area contributed by atoms with Gasteiger partial charge in [-0.25, -0.2) is 17.9 Å². The summed E-state index contributed by atoms with van der Waals surface area (Å²) in [6, 6.07) is 4.35. The smallest absolute Gasteiger partial charge is 0.421 e. The molecule has 1 rings (SSSR count). The maximum absolute atomic E-state index is 11.9. The Bertz CT molecular complexity index is 633. The van der Waals surface area contributed by atoms with Gasteiger partial charge in [-0.1, -0.05) is 6.07 Å². The van der Waals surface area contributed by atoms with Crippen molar-refractivity contribution >= 4 is 21.8 Å². The van der Waals surface area contributed by atoms with Gasteiger partial charge in [0.25, 0.3) is 15.7 Å². The number of nitro benzene ring substituents is 1. The van der Waals surface area contributed by atoms with Crippen molar-refractivity contribution in [2.75, 3.05) is 0 Å². The monoisotopic (exact) mass is 302 g/mol. The number of nitrogens with one attached hydrogen (secondary N) is 1. The highest BCUT2D eigenvalue weighted by molar-refractivity contribution is 7.90. The van der Waals surface area contributed by atoms with Gasteiger partial charge in [-0.3, -0.25) is 10.1 Å². The average molecular weight is 302 g/mol. The molecule has 0 saturated carbocycles. The number of carbonyl (C=O) groups excluding carboxylic acids is 1. The third-order valence-electron chi connectivity index (χ3n) is 1.96. The minimum absolute atomic E-state index is 0.391. The maximum Gasteiger partial charge on any atom is 0.421 e. The van der Waals surface area contributed by atoms with E-state index in [1.807, 2.05) is 0 Å². The number of carbonyl (C=O) groups is 1. The molecular weight excluding hydrogens is 288 g/mol. The fourth-order valence-corrected chi connectivity index (χ4v) is 2.14. The van der Waals surface area contributed by atoms with Crippen LogP contribution in [0.25, 0.3) is 0 Å².